The van der Waals surface area contributed by atoms with Gasteiger partial charge >= 0.3 is 0 Å². The maximum atomic E-state index is 13.2. The van der Waals surface area contributed by atoms with Gasteiger partial charge in [-0.25, -0.2) is 0 Å². The molecule has 12 N–H and O–H groups in total. The van der Waals surface area contributed by atoms with Gasteiger partial charge in [0.2, 0.25) is 5.91 Å². The molecule has 17 unspecified atom stereocenters. The van der Waals surface area contributed by atoms with E-state index in [1.54, 1.807) is 0 Å². The second-order valence-electron chi connectivity index (χ2n) is 20.0. The number of aliphatic hydroxyl groups is 11. The first-order valence-corrected chi connectivity index (χ1v) is 27.4. The number of unbranched alkanes of at least 4 members (excludes halogenated alkanes) is 21. The number of hydrogen-bond donors (Lipinski definition) is 12. The van der Waals surface area contributed by atoms with Crippen molar-refractivity contribution in [1.82, 2.24) is 5.32 Å². The molecule has 19 heteroatoms. The van der Waals surface area contributed by atoms with Crippen LogP contribution in [-0.2, 0) is 33.2 Å². The Balaban J connectivity index is 1.54. The summed E-state index contributed by atoms with van der Waals surface area (Å²) in [4.78, 5) is 13.2. The fourth-order valence-electron chi connectivity index (χ4n) is 9.48. The molecule has 3 fully saturated rings. The molecule has 0 radical (unpaired) electrons. The van der Waals surface area contributed by atoms with E-state index in [2.05, 4.69) is 31.3 Å². The minimum atomic E-state index is -1.97. The number of allylic oxidation sites excluding steroid dienone is 2. The van der Waals surface area contributed by atoms with Gasteiger partial charge in [-0.2, -0.15) is 0 Å². The van der Waals surface area contributed by atoms with Gasteiger partial charge in [-0.15, -0.1) is 0 Å². The third kappa shape index (κ3) is 22.7. The summed E-state index contributed by atoms with van der Waals surface area (Å²) < 4.78 is 34.2. The van der Waals surface area contributed by atoms with Gasteiger partial charge in [0.25, 0.3) is 0 Å². The summed E-state index contributed by atoms with van der Waals surface area (Å²) in [5.74, 6) is -0.254. The second kappa shape index (κ2) is 37.3. The van der Waals surface area contributed by atoms with Crippen LogP contribution >= 0.6 is 0 Å². The molecule has 0 aromatic carbocycles. The average molecular weight is 1020 g/mol. The summed E-state index contributed by atoms with van der Waals surface area (Å²) in [6.45, 7) is 1.74. The molecule has 19 nitrogen and oxygen atoms in total. The number of carbonyl (C=O) groups is 1. The van der Waals surface area contributed by atoms with Crippen LogP contribution in [0.5, 0.6) is 0 Å². The quantitative estimate of drug-likeness (QED) is 0.0311. The fraction of sp³-hybridized carbons (Fsp3) is 0.942. The van der Waals surface area contributed by atoms with Crippen molar-refractivity contribution in [2.24, 2.45) is 0 Å². The molecule has 3 aliphatic rings. The number of amides is 1. The molecule has 0 aromatic heterocycles. The molecular formula is C52H97NO18. The minimum Gasteiger partial charge on any atom is -0.394 e. The SMILES string of the molecule is CCCCCC/C=C\CCCCCCCC(=O)NC(COC1OC(CO)C(OC2OC(CO)C(OC3OC(CO)C(O)C(O)C3O)C(O)C2O)C(O)C1O)C(O)CCCCCCCCCCCCCCC. The molecule has 0 aliphatic carbocycles. The third-order valence-corrected chi connectivity index (χ3v) is 14.1. The molecule has 0 saturated carbocycles. The molecular weight excluding hydrogens is 927 g/mol. The Labute approximate surface area is 423 Å². The number of nitrogens with one attached hydrogen (secondary N) is 1. The van der Waals surface area contributed by atoms with Gasteiger partial charge < -0.3 is 89.9 Å². The number of rotatable bonds is 39. The highest BCUT2D eigenvalue weighted by Gasteiger charge is 2.53. The minimum absolute atomic E-state index is 0.254. The Bertz CT molecular complexity index is 1360. The summed E-state index contributed by atoms with van der Waals surface area (Å²) in [5, 5.41) is 120. The van der Waals surface area contributed by atoms with Crippen LogP contribution in [0.25, 0.3) is 0 Å². The smallest absolute Gasteiger partial charge is 0.220 e. The molecule has 3 rings (SSSR count). The highest BCUT2D eigenvalue weighted by molar-refractivity contribution is 5.76. The Hall–Kier alpha value is -1.47. The van der Waals surface area contributed by atoms with E-state index in [1.165, 1.54) is 83.5 Å². The Kier molecular flexibility index (Phi) is 33.5. The second-order valence-corrected chi connectivity index (χ2v) is 20.0. The number of ether oxygens (including phenoxy) is 6. The third-order valence-electron chi connectivity index (χ3n) is 14.1. The van der Waals surface area contributed by atoms with E-state index in [0.717, 1.165) is 64.2 Å². The van der Waals surface area contributed by atoms with E-state index in [4.69, 9.17) is 28.4 Å². The van der Waals surface area contributed by atoms with Crippen LogP contribution in [0.3, 0.4) is 0 Å². The molecule has 0 bridgehead atoms. The lowest BCUT2D eigenvalue weighted by atomic mass is 9.96. The molecule has 3 heterocycles. The fourth-order valence-corrected chi connectivity index (χ4v) is 9.48. The highest BCUT2D eigenvalue weighted by Crippen LogP contribution is 2.33. The first kappa shape index (κ1) is 63.8. The summed E-state index contributed by atoms with van der Waals surface area (Å²) >= 11 is 0. The number of carbonyl (C=O) groups excluding carboxylic acids is 1. The number of hydrogen-bond acceptors (Lipinski definition) is 18. The normalized spacial score (nSPS) is 32.3. The van der Waals surface area contributed by atoms with E-state index >= 15 is 0 Å². The van der Waals surface area contributed by atoms with Crippen molar-refractivity contribution in [3.63, 3.8) is 0 Å². The summed E-state index contributed by atoms with van der Waals surface area (Å²) in [7, 11) is 0. The Morgan fingerprint density at radius 2 is 0.887 bits per heavy atom. The zero-order valence-corrected chi connectivity index (χ0v) is 43.0. The van der Waals surface area contributed by atoms with Crippen LogP contribution in [0.1, 0.15) is 181 Å². The van der Waals surface area contributed by atoms with E-state index in [-0.39, 0.29) is 18.9 Å². The first-order chi connectivity index (χ1) is 34.3. The van der Waals surface area contributed by atoms with Crippen LogP contribution < -0.4 is 5.32 Å². The van der Waals surface area contributed by atoms with E-state index in [9.17, 15) is 61.0 Å². The maximum Gasteiger partial charge on any atom is 0.220 e. The molecule has 0 aromatic rings. The van der Waals surface area contributed by atoms with Crippen molar-refractivity contribution in [3.8, 4) is 0 Å². The van der Waals surface area contributed by atoms with Gasteiger partial charge in [-0.1, -0.05) is 148 Å². The summed E-state index contributed by atoms with van der Waals surface area (Å²) in [6, 6.07) is -0.885. The predicted octanol–water partition coefficient (Wildman–Crippen LogP) is 3.04. The van der Waals surface area contributed by atoms with Crippen molar-refractivity contribution in [3.05, 3.63) is 12.2 Å². The van der Waals surface area contributed by atoms with Crippen LogP contribution in [0.2, 0.25) is 0 Å². The zero-order valence-electron chi connectivity index (χ0n) is 43.0. The molecule has 1 amide bonds. The lowest BCUT2D eigenvalue weighted by Crippen LogP contribution is -2.66. The maximum absolute atomic E-state index is 13.2. The van der Waals surface area contributed by atoms with Crippen molar-refractivity contribution in [2.45, 2.75) is 285 Å². The predicted molar refractivity (Wildman–Crippen MR) is 263 cm³/mol. The monoisotopic (exact) mass is 1020 g/mol. The molecule has 0 spiro atoms. The standard InChI is InChI=1S/C52H97NO18/c1-3-5-7-9-11-13-15-17-19-21-23-25-27-29-36(57)35(53-40(58)30-28-26-24-22-20-18-16-14-12-10-8-6-4-2)34-66-50-46(64)43(61)48(38(32-55)68-50)71-52-47(65)44(62)49(39(33-56)69-52)70-51-45(63)42(60)41(59)37(31-54)67-51/h14,16,35-39,41-52,54-57,59-65H,3-13,15,17-34H2,1-2H3,(H,53,58)/b16-14-. The topological polar surface area (TPSA) is 307 Å². The van der Waals surface area contributed by atoms with Crippen LogP contribution in [0.15, 0.2) is 12.2 Å². The molecule has 71 heavy (non-hydrogen) atoms. The van der Waals surface area contributed by atoms with Crippen molar-refractivity contribution < 1.29 is 89.4 Å². The summed E-state index contributed by atoms with van der Waals surface area (Å²) in [5.41, 5.74) is 0. The van der Waals surface area contributed by atoms with E-state index in [0.29, 0.717) is 12.8 Å². The van der Waals surface area contributed by atoms with Crippen LogP contribution in [0.4, 0.5) is 0 Å². The van der Waals surface area contributed by atoms with Crippen molar-refractivity contribution >= 4 is 5.91 Å². The lowest BCUT2D eigenvalue weighted by Gasteiger charge is -2.48. The van der Waals surface area contributed by atoms with E-state index < -0.39 is 124 Å². The van der Waals surface area contributed by atoms with Gasteiger partial charge in [-0.05, 0) is 38.5 Å². The van der Waals surface area contributed by atoms with Crippen LogP contribution in [-0.4, -0.2) is 193 Å². The van der Waals surface area contributed by atoms with Crippen molar-refractivity contribution in [2.75, 3.05) is 26.4 Å². The molecule has 17 atom stereocenters. The number of aliphatic hydroxyl groups excluding tert-OH is 11. The van der Waals surface area contributed by atoms with Gasteiger partial charge in [0.15, 0.2) is 18.9 Å². The molecule has 3 aliphatic heterocycles. The zero-order chi connectivity index (χ0) is 52.0. The van der Waals surface area contributed by atoms with Crippen LogP contribution in [0, 0.1) is 0 Å². The highest BCUT2D eigenvalue weighted by atomic mass is 16.8. The first-order valence-electron chi connectivity index (χ1n) is 27.4. The largest absolute Gasteiger partial charge is 0.394 e. The average Bonchev–Trinajstić information content (AvgIpc) is 3.36. The van der Waals surface area contributed by atoms with Gasteiger partial charge in [0, 0.05) is 6.42 Å². The molecule has 3 saturated heterocycles. The van der Waals surface area contributed by atoms with Gasteiger partial charge in [0.1, 0.15) is 73.2 Å². The molecule has 418 valence electrons. The Morgan fingerprint density at radius 1 is 0.493 bits per heavy atom. The van der Waals surface area contributed by atoms with E-state index in [1.807, 2.05) is 0 Å². The lowest BCUT2D eigenvalue weighted by molar-refractivity contribution is -0.379. The van der Waals surface area contributed by atoms with Crippen molar-refractivity contribution in [1.29, 1.82) is 0 Å². The summed E-state index contributed by atoms with van der Waals surface area (Å²) in [6.07, 6.45) is 5.94. The van der Waals surface area contributed by atoms with Gasteiger partial charge in [-0.3, -0.25) is 4.79 Å². The van der Waals surface area contributed by atoms with Gasteiger partial charge in [0.05, 0.1) is 38.6 Å². The Morgan fingerprint density at radius 3 is 1.38 bits per heavy atom.